The number of rotatable bonds is 5. The van der Waals surface area contributed by atoms with Crippen molar-refractivity contribution in [2.24, 2.45) is 0 Å². The maximum Gasteiger partial charge on any atom is 0.416 e. The van der Waals surface area contributed by atoms with Crippen molar-refractivity contribution in [1.29, 1.82) is 0 Å². The summed E-state index contributed by atoms with van der Waals surface area (Å²) in [7, 11) is 1.53. The number of nitrogens with zero attached hydrogens (tertiary/aromatic N) is 2. The first-order valence-corrected chi connectivity index (χ1v) is 9.03. The molecule has 3 aromatic rings. The van der Waals surface area contributed by atoms with Crippen molar-refractivity contribution in [1.82, 2.24) is 14.9 Å². The molecule has 0 saturated carbocycles. The Labute approximate surface area is 158 Å². The number of carbonyl (C=O) groups is 1. The summed E-state index contributed by atoms with van der Waals surface area (Å²) in [6.45, 7) is 0. The third-order valence-electron chi connectivity index (χ3n) is 3.84. The van der Waals surface area contributed by atoms with Crippen LogP contribution in [0.15, 0.2) is 66.0 Å². The number of benzene rings is 2. The molecule has 0 aliphatic heterocycles. The van der Waals surface area contributed by atoms with Crippen LogP contribution in [0.25, 0.3) is 16.9 Å². The quantitative estimate of drug-likeness (QED) is 0.656. The third kappa shape index (κ3) is 4.33. The molecule has 0 aliphatic carbocycles. The number of halogens is 3. The molecule has 1 N–H and O–H groups in total. The van der Waals surface area contributed by atoms with Gasteiger partial charge in [-0.05, 0) is 18.2 Å². The zero-order valence-corrected chi connectivity index (χ0v) is 15.1. The van der Waals surface area contributed by atoms with E-state index in [1.54, 1.807) is 16.8 Å². The van der Waals surface area contributed by atoms with Crippen LogP contribution in [0, 0.1) is 0 Å². The summed E-state index contributed by atoms with van der Waals surface area (Å²) < 4.78 is 41.1. The monoisotopic (exact) mass is 391 g/mol. The number of imidazole rings is 1. The Balaban J connectivity index is 2.11. The van der Waals surface area contributed by atoms with Gasteiger partial charge in [-0.1, -0.05) is 48.2 Å². The van der Waals surface area contributed by atoms with E-state index in [-0.39, 0.29) is 11.7 Å². The van der Waals surface area contributed by atoms with E-state index >= 15 is 0 Å². The predicted molar refractivity (Wildman–Crippen MR) is 98.8 cm³/mol. The van der Waals surface area contributed by atoms with Gasteiger partial charge < -0.3 is 5.32 Å². The molecule has 0 fully saturated rings. The minimum Gasteiger partial charge on any atom is -0.358 e. The zero-order valence-electron chi connectivity index (χ0n) is 14.3. The van der Waals surface area contributed by atoms with Crippen LogP contribution in [0.3, 0.4) is 0 Å². The van der Waals surface area contributed by atoms with Crippen molar-refractivity contribution in [3.8, 4) is 16.9 Å². The molecule has 8 heteroatoms. The van der Waals surface area contributed by atoms with Gasteiger partial charge >= 0.3 is 6.18 Å². The summed E-state index contributed by atoms with van der Waals surface area (Å²) >= 11 is 1.16. The second-order valence-electron chi connectivity index (χ2n) is 5.64. The van der Waals surface area contributed by atoms with Gasteiger partial charge in [0.2, 0.25) is 5.91 Å². The summed E-state index contributed by atoms with van der Waals surface area (Å²) in [4.78, 5) is 15.9. The molecule has 4 nitrogen and oxygen atoms in total. The molecule has 2 aromatic carbocycles. The second-order valence-corrected chi connectivity index (χ2v) is 6.58. The fourth-order valence-corrected chi connectivity index (χ4v) is 3.39. The lowest BCUT2D eigenvalue weighted by molar-refractivity contribution is -0.137. The normalized spacial score (nSPS) is 11.4. The van der Waals surface area contributed by atoms with E-state index < -0.39 is 11.7 Å². The SMILES string of the molecule is CNC(=O)CSc1ncc(-c2ccccc2)n1-c1cccc(C(F)(F)F)c1. The van der Waals surface area contributed by atoms with E-state index in [9.17, 15) is 18.0 Å². The summed E-state index contributed by atoms with van der Waals surface area (Å²) in [5, 5.41) is 2.96. The van der Waals surface area contributed by atoms with Crippen LogP contribution < -0.4 is 5.32 Å². The van der Waals surface area contributed by atoms with Crippen LogP contribution in [0.5, 0.6) is 0 Å². The van der Waals surface area contributed by atoms with Crippen LogP contribution in [0.2, 0.25) is 0 Å². The molecular weight excluding hydrogens is 375 g/mol. The maximum atomic E-state index is 13.2. The highest BCUT2D eigenvalue weighted by Gasteiger charge is 2.31. The van der Waals surface area contributed by atoms with Gasteiger partial charge in [0.05, 0.1) is 23.2 Å². The number of hydrogen-bond donors (Lipinski definition) is 1. The van der Waals surface area contributed by atoms with Gasteiger partial charge in [-0.2, -0.15) is 13.2 Å². The topological polar surface area (TPSA) is 46.9 Å². The molecule has 0 unspecified atom stereocenters. The number of hydrogen-bond acceptors (Lipinski definition) is 3. The smallest absolute Gasteiger partial charge is 0.358 e. The number of thioether (sulfide) groups is 1. The minimum atomic E-state index is -4.45. The summed E-state index contributed by atoms with van der Waals surface area (Å²) in [6.07, 6.45) is -2.85. The van der Waals surface area contributed by atoms with Crippen LogP contribution in [0.4, 0.5) is 13.2 Å². The fourth-order valence-electron chi connectivity index (χ4n) is 2.52. The Hall–Kier alpha value is -2.74. The number of carbonyl (C=O) groups excluding carboxylic acids is 1. The highest BCUT2D eigenvalue weighted by molar-refractivity contribution is 7.99. The Kier molecular flexibility index (Phi) is 5.55. The molecule has 27 heavy (non-hydrogen) atoms. The third-order valence-corrected chi connectivity index (χ3v) is 4.79. The van der Waals surface area contributed by atoms with Crippen molar-refractivity contribution >= 4 is 17.7 Å². The number of aromatic nitrogens is 2. The first kappa shape index (κ1) is 19.0. The molecule has 0 saturated heterocycles. The largest absolute Gasteiger partial charge is 0.416 e. The Morgan fingerprint density at radius 1 is 1.15 bits per heavy atom. The maximum absolute atomic E-state index is 13.2. The van der Waals surface area contributed by atoms with Crippen molar-refractivity contribution < 1.29 is 18.0 Å². The van der Waals surface area contributed by atoms with Gasteiger partial charge in [0.25, 0.3) is 0 Å². The lowest BCUT2D eigenvalue weighted by atomic mass is 10.1. The molecule has 0 radical (unpaired) electrons. The molecule has 1 amide bonds. The first-order chi connectivity index (χ1) is 12.9. The fraction of sp³-hybridized carbons (Fsp3) is 0.158. The Morgan fingerprint density at radius 3 is 2.56 bits per heavy atom. The van der Waals surface area contributed by atoms with Crippen molar-refractivity contribution in [3.05, 3.63) is 66.4 Å². The highest BCUT2D eigenvalue weighted by Crippen LogP contribution is 2.34. The molecule has 3 rings (SSSR count). The van der Waals surface area contributed by atoms with Crippen molar-refractivity contribution in [3.63, 3.8) is 0 Å². The van der Waals surface area contributed by atoms with Gasteiger partial charge in [0, 0.05) is 18.3 Å². The van der Waals surface area contributed by atoms with E-state index in [1.807, 2.05) is 30.3 Å². The van der Waals surface area contributed by atoms with E-state index in [4.69, 9.17) is 0 Å². The minimum absolute atomic E-state index is 0.112. The van der Waals surface area contributed by atoms with Gasteiger partial charge in [-0.3, -0.25) is 9.36 Å². The lowest BCUT2D eigenvalue weighted by Gasteiger charge is -2.14. The Bertz CT molecular complexity index is 939. The summed E-state index contributed by atoms with van der Waals surface area (Å²) in [6, 6.07) is 14.3. The molecule has 0 atom stereocenters. The first-order valence-electron chi connectivity index (χ1n) is 8.04. The van der Waals surface area contributed by atoms with E-state index in [0.29, 0.717) is 16.5 Å². The van der Waals surface area contributed by atoms with Crippen molar-refractivity contribution in [2.75, 3.05) is 12.8 Å². The molecule has 140 valence electrons. The van der Waals surface area contributed by atoms with Gasteiger partial charge in [-0.15, -0.1) is 0 Å². The van der Waals surface area contributed by atoms with Gasteiger partial charge in [0.1, 0.15) is 0 Å². The molecule has 0 spiro atoms. The van der Waals surface area contributed by atoms with Crippen LogP contribution in [-0.2, 0) is 11.0 Å². The molecule has 0 bridgehead atoms. The molecular formula is C19H16F3N3OS. The standard InChI is InChI=1S/C19H16F3N3OS/c1-23-17(26)12-27-18-24-11-16(13-6-3-2-4-7-13)25(18)15-9-5-8-14(10-15)19(20,21)22/h2-11H,12H2,1H3,(H,23,26). The zero-order chi connectivity index (χ0) is 19.4. The molecule has 0 aliphatic rings. The number of alkyl halides is 3. The van der Waals surface area contributed by atoms with Crippen LogP contribution in [-0.4, -0.2) is 28.3 Å². The van der Waals surface area contributed by atoms with Gasteiger partial charge in [-0.25, -0.2) is 4.98 Å². The second kappa shape index (κ2) is 7.87. The van der Waals surface area contributed by atoms with E-state index in [1.165, 1.54) is 13.1 Å². The average Bonchev–Trinajstić information content (AvgIpc) is 3.10. The van der Waals surface area contributed by atoms with Crippen molar-refractivity contribution in [2.45, 2.75) is 11.3 Å². The van der Waals surface area contributed by atoms with Crippen LogP contribution in [0.1, 0.15) is 5.56 Å². The molecule has 1 heterocycles. The summed E-state index contributed by atoms with van der Waals surface area (Å²) in [5.41, 5.74) is 1.05. The predicted octanol–water partition coefficient (Wildman–Crippen LogP) is 4.40. The van der Waals surface area contributed by atoms with E-state index in [2.05, 4.69) is 10.3 Å². The van der Waals surface area contributed by atoms with E-state index in [0.717, 1.165) is 29.5 Å². The molecule has 1 aromatic heterocycles. The number of amides is 1. The lowest BCUT2D eigenvalue weighted by Crippen LogP contribution is -2.20. The van der Waals surface area contributed by atoms with Crippen LogP contribution >= 0.6 is 11.8 Å². The number of nitrogens with one attached hydrogen (secondary N) is 1. The average molecular weight is 391 g/mol. The Morgan fingerprint density at radius 2 is 1.89 bits per heavy atom. The summed E-state index contributed by atoms with van der Waals surface area (Å²) in [5.74, 6) is -0.0828. The highest BCUT2D eigenvalue weighted by atomic mass is 32.2. The van der Waals surface area contributed by atoms with Gasteiger partial charge in [0.15, 0.2) is 5.16 Å².